The van der Waals surface area contributed by atoms with Gasteiger partial charge in [0.05, 0.1) is 30.2 Å². The molecule has 0 bridgehead atoms. The van der Waals surface area contributed by atoms with Crippen molar-refractivity contribution in [1.82, 2.24) is 0 Å². The molecule has 0 saturated carbocycles. The highest BCUT2D eigenvalue weighted by molar-refractivity contribution is 6.21. The van der Waals surface area contributed by atoms with Crippen molar-refractivity contribution >= 4 is 64.6 Å². The number of benzene rings is 10. The third-order valence-electron chi connectivity index (χ3n) is 8.56. The molecule has 48 heavy (non-hydrogen) atoms. The fourth-order valence-corrected chi connectivity index (χ4v) is 6.36. The SMILES string of the molecule is [2H]c1c([2H])c([2H])c2c([2H])c3c(c([2H])c([2H])c4c([2H])c([2H])c([2H])c([2H])c43)c(-c3ccc(-c4ccc(-c5c6c([2H])c([2H])c([2H])c([2H])c6c([2H])c6c5c([2H])c([2H])c5c([2H])c([2H])c([2H])c([2H])c56)cc4)cc3)c2c1[2H]. The van der Waals surface area contributed by atoms with Crippen molar-refractivity contribution in [3.63, 3.8) is 0 Å². The second kappa shape index (κ2) is 10.7. The molecule has 0 fully saturated rings. The number of rotatable bonds is 3. The fourth-order valence-electron chi connectivity index (χ4n) is 6.36. The zero-order chi connectivity index (χ0) is 50.8. The van der Waals surface area contributed by atoms with Gasteiger partial charge < -0.3 is 0 Å². The molecule has 0 saturated heterocycles. The van der Waals surface area contributed by atoms with Crippen molar-refractivity contribution in [3.05, 3.63) is 181 Å². The lowest BCUT2D eigenvalue weighted by molar-refractivity contribution is 1.61. The van der Waals surface area contributed by atoms with E-state index in [1.165, 1.54) is 0 Å². The molecule has 0 amide bonds. The van der Waals surface area contributed by atoms with Crippen molar-refractivity contribution in [2.75, 3.05) is 0 Å². The van der Waals surface area contributed by atoms with Crippen molar-refractivity contribution in [3.8, 4) is 33.4 Å². The Labute approximate surface area is 310 Å². The topological polar surface area (TPSA) is 0 Å². The number of hydrogen-bond donors (Lipinski definition) is 0. The largest absolute Gasteiger partial charge is 0.0636 e. The molecule has 0 heterocycles. The van der Waals surface area contributed by atoms with Gasteiger partial charge in [0.1, 0.15) is 0 Å². The van der Waals surface area contributed by atoms with Gasteiger partial charge in [-0.25, -0.2) is 0 Å². The van der Waals surface area contributed by atoms with Crippen LogP contribution in [0.25, 0.3) is 98.0 Å². The molecule has 0 radical (unpaired) electrons. The summed E-state index contributed by atoms with van der Waals surface area (Å²) in [4.78, 5) is 0. The predicted octanol–water partition coefficient (Wildman–Crippen LogP) is 13.6. The van der Waals surface area contributed by atoms with Gasteiger partial charge in [-0.05, 0) is 110 Å². The zero-order valence-electron chi connectivity index (χ0n) is 46.6. The van der Waals surface area contributed by atoms with Crippen LogP contribution >= 0.6 is 0 Å². The fraction of sp³-hybridized carbons (Fsp3) is 0. The van der Waals surface area contributed by atoms with Crippen LogP contribution in [0.2, 0.25) is 0 Å². The van der Waals surface area contributed by atoms with Crippen LogP contribution in [0, 0.1) is 0 Å². The van der Waals surface area contributed by atoms with Crippen LogP contribution < -0.4 is 0 Å². The van der Waals surface area contributed by atoms with Crippen molar-refractivity contribution < 1.29 is 30.2 Å². The summed E-state index contributed by atoms with van der Waals surface area (Å²) in [6.45, 7) is 0. The van der Waals surface area contributed by atoms with E-state index in [0.717, 1.165) is 0 Å². The highest BCUT2D eigenvalue weighted by Gasteiger charge is 2.14. The summed E-state index contributed by atoms with van der Waals surface area (Å²) < 4.78 is 194. The molecule has 0 aliphatic carbocycles. The Morgan fingerprint density at radius 3 is 1.00 bits per heavy atom. The Balaban J connectivity index is 1.23. The van der Waals surface area contributed by atoms with Crippen LogP contribution in [-0.2, 0) is 0 Å². The highest BCUT2D eigenvalue weighted by atomic mass is 14.2. The normalized spacial score (nSPS) is 18.2. The van der Waals surface area contributed by atoms with Crippen LogP contribution in [-0.4, -0.2) is 0 Å². The number of fused-ring (bicyclic) bond motifs is 8. The van der Waals surface area contributed by atoms with Gasteiger partial charge in [0.25, 0.3) is 0 Å². The minimum atomic E-state index is -0.660. The minimum Gasteiger partial charge on any atom is -0.0616 e. The average Bonchev–Trinajstić information content (AvgIpc) is 3.35. The Morgan fingerprint density at radius 2 is 0.583 bits per heavy atom. The van der Waals surface area contributed by atoms with Crippen molar-refractivity contribution in [2.24, 2.45) is 0 Å². The summed E-state index contributed by atoms with van der Waals surface area (Å²) in [5, 5.41) is -2.59. The standard InChI is InChI=1S/C48H30/c1-5-13-39-33(9-1)25-27-43-45(39)29-37-11-3-7-15-41(37)47(43)35-21-17-31(18-22-35)32-19-23-36(24-20-32)48-42-16-8-4-12-38(42)30-46-40-14-6-2-10-34(40)26-28-44(46)48/h1-30H/i1D,2D,3D,4D,5D,6D,7D,8D,9D,10D,11D,12D,13D,14D,15D,16D,25D,26D,27D,28D,29D,30D. The van der Waals surface area contributed by atoms with E-state index in [1.807, 2.05) is 0 Å². The van der Waals surface area contributed by atoms with E-state index in [2.05, 4.69) is 0 Å². The molecule has 0 unspecified atom stereocenters. The first kappa shape index (κ1) is 13.1. The Hall–Kier alpha value is -6.24. The smallest absolute Gasteiger partial charge is 0.0616 e. The van der Waals surface area contributed by atoms with Gasteiger partial charge in [0.2, 0.25) is 0 Å². The van der Waals surface area contributed by atoms with Gasteiger partial charge in [0, 0.05) is 0 Å². The molecular weight excluding hydrogens is 577 g/mol. The van der Waals surface area contributed by atoms with E-state index in [4.69, 9.17) is 24.7 Å². The third-order valence-corrected chi connectivity index (χ3v) is 8.56. The average molecular weight is 629 g/mol. The Bertz CT molecular complexity index is 3840. The Morgan fingerprint density at radius 1 is 0.250 bits per heavy atom. The predicted molar refractivity (Wildman–Crippen MR) is 208 cm³/mol. The van der Waals surface area contributed by atoms with Crippen molar-refractivity contribution in [2.45, 2.75) is 0 Å². The molecule has 222 valence electrons. The maximum Gasteiger partial charge on any atom is 0.0636 e. The molecule has 0 atom stereocenters. The van der Waals surface area contributed by atoms with Gasteiger partial charge in [-0.1, -0.05) is 169 Å². The minimum absolute atomic E-state index is 0.0289. The summed E-state index contributed by atoms with van der Waals surface area (Å²) in [5.41, 5.74) is 1.72. The van der Waals surface area contributed by atoms with E-state index in [9.17, 15) is 5.48 Å². The molecule has 10 aromatic carbocycles. The maximum atomic E-state index is 9.35. The zero-order valence-corrected chi connectivity index (χ0v) is 24.6. The number of hydrogen-bond acceptors (Lipinski definition) is 0. The second-order valence-corrected chi connectivity index (χ2v) is 11.2. The molecule has 0 aliphatic rings. The lowest BCUT2D eigenvalue weighted by Gasteiger charge is -2.15. The third kappa shape index (κ3) is 4.16. The summed E-state index contributed by atoms with van der Waals surface area (Å²) in [6.07, 6.45) is 0. The van der Waals surface area contributed by atoms with Crippen LogP contribution in [0.5, 0.6) is 0 Å². The van der Waals surface area contributed by atoms with Crippen molar-refractivity contribution in [1.29, 1.82) is 0 Å². The van der Waals surface area contributed by atoms with Crippen LogP contribution in [0.3, 0.4) is 0 Å². The van der Waals surface area contributed by atoms with Crippen LogP contribution in [0.1, 0.15) is 30.2 Å². The van der Waals surface area contributed by atoms with E-state index in [1.54, 1.807) is 48.5 Å². The molecule has 0 N–H and O–H groups in total. The lowest BCUT2D eigenvalue weighted by atomic mass is 9.88. The van der Waals surface area contributed by atoms with E-state index in [-0.39, 0.29) is 86.9 Å². The first-order chi connectivity index (χ1) is 33.0. The molecule has 0 nitrogen and oxygen atoms in total. The summed E-state index contributed by atoms with van der Waals surface area (Å²) >= 11 is 0. The van der Waals surface area contributed by atoms with Gasteiger partial charge in [-0.3, -0.25) is 0 Å². The summed E-state index contributed by atoms with van der Waals surface area (Å²) in [6, 6.07) is -0.0534. The van der Waals surface area contributed by atoms with Gasteiger partial charge in [-0.2, -0.15) is 0 Å². The van der Waals surface area contributed by atoms with E-state index >= 15 is 0 Å². The first-order valence-electron chi connectivity index (χ1n) is 25.9. The molecule has 0 aromatic heterocycles. The van der Waals surface area contributed by atoms with Crippen LogP contribution in [0.4, 0.5) is 0 Å². The van der Waals surface area contributed by atoms with E-state index in [0.29, 0.717) is 11.1 Å². The van der Waals surface area contributed by atoms with E-state index < -0.39 is 133 Å². The lowest BCUT2D eigenvalue weighted by Crippen LogP contribution is -1.88. The molecule has 10 rings (SSSR count). The first-order valence-corrected chi connectivity index (χ1v) is 14.9. The summed E-state index contributed by atoms with van der Waals surface area (Å²) in [5.74, 6) is 0. The molecule has 0 heteroatoms. The summed E-state index contributed by atoms with van der Waals surface area (Å²) in [7, 11) is 0. The second-order valence-electron chi connectivity index (χ2n) is 11.2. The van der Waals surface area contributed by atoms with Crippen LogP contribution in [0.15, 0.2) is 181 Å². The quantitative estimate of drug-likeness (QED) is 0.135. The van der Waals surface area contributed by atoms with Gasteiger partial charge >= 0.3 is 0 Å². The van der Waals surface area contributed by atoms with Gasteiger partial charge in [-0.15, -0.1) is 0 Å². The molecule has 0 spiro atoms. The molecule has 10 aromatic rings. The maximum absolute atomic E-state index is 9.35. The molecule has 0 aliphatic heterocycles. The van der Waals surface area contributed by atoms with Gasteiger partial charge in [0.15, 0.2) is 0 Å². The molecular formula is C48H30. The monoisotopic (exact) mass is 628 g/mol. The highest BCUT2D eigenvalue weighted by Crippen LogP contribution is 2.42. The Kier molecular flexibility index (Phi) is 2.91.